The Morgan fingerprint density at radius 1 is 0.387 bits per heavy atom. The smallest absolute Gasteiger partial charge is 0.165 e. The molecule has 12 rings (SSSR count). The molecule has 6 heteroatoms. The van der Waals surface area contributed by atoms with Gasteiger partial charge in [-0.05, 0) is 75.8 Å². The van der Waals surface area contributed by atoms with Crippen LogP contribution in [0.3, 0.4) is 0 Å². The summed E-state index contributed by atoms with van der Waals surface area (Å²) in [7, 11) is 0. The largest absolute Gasteiger partial charge is 0.309 e. The van der Waals surface area contributed by atoms with Crippen molar-refractivity contribution in [2.45, 2.75) is 0 Å². The summed E-state index contributed by atoms with van der Waals surface area (Å²) in [5.74, 6) is 0.599. The molecule has 0 unspecified atom stereocenters. The van der Waals surface area contributed by atoms with Gasteiger partial charge in [-0.15, -0.1) is 11.3 Å². The summed E-state index contributed by atoms with van der Waals surface area (Å²) in [5.41, 5.74) is 10.7. The maximum Gasteiger partial charge on any atom is 0.165 e. The molecule has 0 amide bonds. The van der Waals surface area contributed by atoms with Crippen LogP contribution in [0.4, 0.5) is 0 Å². The van der Waals surface area contributed by atoms with Crippen LogP contribution in [0.15, 0.2) is 212 Å². The van der Waals surface area contributed by atoms with Crippen molar-refractivity contribution in [3.63, 3.8) is 0 Å². The Labute approximate surface area is 369 Å². The monoisotopic (exact) mass is 814 g/mol. The van der Waals surface area contributed by atoms with Gasteiger partial charge in [-0.25, -0.2) is 15.0 Å². The van der Waals surface area contributed by atoms with E-state index < -0.39 is 18.1 Å². The van der Waals surface area contributed by atoms with Crippen molar-refractivity contribution < 1.29 is 6.85 Å². The summed E-state index contributed by atoms with van der Waals surface area (Å²) >= 11 is 1.66. The van der Waals surface area contributed by atoms with E-state index in [-0.39, 0.29) is 23.5 Å². The van der Waals surface area contributed by atoms with E-state index in [1.807, 2.05) is 48.5 Å². The number of para-hydroxylation sites is 1. The molecule has 0 saturated carbocycles. The van der Waals surface area contributed by atoms with Crippen LogP contribution in [-0.4, -0.2) is 24.5 Å². The maximum atomic E-state index is 8.99. The first-order valence-corrected chi connectivity index (χ1v) is 21.1. The number of benzene rings is 8. The molecular weight excluding hydrogens is 775 g/mol. The maximum absolute atomic E-state index is 8.99. The Balaban J connectivity index is 1.18. The van der Waals surface area contributed by atoms with Gasteiger partial charge in [0.15, 0.2) is 17.5 Å². The molecule has 0 aliphatic rings. The first-order valence-electron chi connectivity index (χ1n) is 22.8. The second-order valence-corrected chi connectivity index (χ2v) is 16.1. The van der Waals surface area contributed by atoms with Gasteiger partial charge in [0.1, 0.15) is 0 Å². The van der Waals surface area contributed by atoms with E-state index in [4.69, 9.17) is 21.8 Å². The van der Waals surface area contributed by atoms with Gasteiger partial charge in [0.25, 0.3) is 0 Å². The van der Waals surface area contributed by atoms with Gasteiger partial charge < -0.3 is 4.57 Å². The molecular formula is C56H35N5S. The van der Waals surface area contributed by atoms with Crippen LogP contribution in [0.1, 0.15) is 6.85 Å². The van der Waals surface area contributed by atoms with Crippen LogP contribution < -0.4 is 0 Å². The third-order valence-electron chi connectivity index (χ3n) is 11.4. The molecule has 0 bridgehead atoms. The first kappa shape index (κ1) is 30.9. The lowest BCUT2D eigenvalue weighted by Gasteiger charge is -2.13. The van der Waals surface area contributed by atoms with E-state index in [2.05, 4.69) is 131 Å². The summed E-state index contributed by atoms with van der Waals surface area (Å²) in [6, 6.07) is 56.1. The summed E-state index contributed by atoms with van der Waals surface area (Å²) < 4.78 is 47.8. The van der Waals surface area contributed by atoms with Crippen molar-refractivity contribution >= 4 is 53.3 Å². The standard InChI is InChI=1S/C56H35N5S/c1-4-14-36(15-5-1)40-20-12-21-42(32-40)44-23-13-24-47-48-34-43(61-50-25-11-10-22-45(50)46-27-26-41(33-51(46)61)37-28-30-57-31-29-37)35-49(53(48)62-52(44)47)56-59-54(38-16-6-2-7-17-38)58-55(60-56)39-18-8-3-9-19-39/h1-35H/i2D,6D,7D,16D,17D. The molecule has 0 saturated heterocycles. The number of aromatic nitrogens is 5. The van der Waals surface area contributed by atoms with Gasteiger partial charge in [0.05, 0.1) is 17.9 Å². The van der Waals surface area contributed by atoms with E-state index in [1.54, 1.807) is 23.7 Å². The minimum atomic E-state index is -0.487. The van der Waals surface area contributed by atoms with E-state index in [0.717, 1.165) is 81.0 Å². The minimum Gasteiger partial charge on any atom is -0.309 e. The van der Waals surface area contributed by atoms with Crippen molar-refractivity contribution in [2.75, 3.05) is 0 Å². The highest BCUT2D eigenvalue weighted by Crippen LogP contribution is 2.46. The zero-order valence-corrected chi connectivity index (χ0v) is 33.8. The highest BCUT2D eigenvalue weighted by molar-refractivity contribution is 7.26. The third-order valence-corrected chi connectivity index (χ3v) is 12.7. The second kappa shape index (κ2) is 14.9. The predicted octanol–water partition coefficient (Wildman–Crippen LogP) is 14.7. The Hall–Kier alpha value is -8.06. The number of thiophene rings is 1. The zero-order valence-electron chi connectivity index (χ0n) is 38.0. The number of pyridine rings is 1. The predicted molar refractivity (Wildman–Crippen MR) is 257 cm³/mol. The van der Waals surface area contributed by atoms with Gasteiger partial charge in [0.2, 0.25) is 0 Å². The fourth-order valence-electron chi connectivity index (χ4n) is 8.56. The Kier molecular flexibility index (Phi) is 7.42. The molecule has 0 atom stereocenters. The van der Waals surface area contributed by atoms with Crippen LogP contribution in [0.25, 0.3) is 115 Å². The molecule has 5 nitrogen and oxygen atoms in total. The summed E-state index contributed by atoms with van der Waals surface area (Å²) in [6.07, 6.45) is 3.61. The molecule has 0 fully saturated rings. The van der Waals surface area contributed by atoms with Crippen molar-refractivity contribution in [2.24, 2.45) is 0 Å². The molecule has 0 aliphatic carbocycles. The van der Waals surface area contributed by atoms with E-state index >= 15 is 0 Å². The van der Waals surface area contributed by atoms with Gasteiger partial charge in [0, 0.05) is 65.7 Å². The van der Waals surface area contributed by atoms with E-state index in [0.29, 0.717) is 22.8 Å². The lowest BCUT2D eigenvalue weighted by atomic mass is 9.97. The number of hydrogen-bond acceptors (Lipinski definition) is 5. The Morgan fingerprint density at radius 2 is 1.00 bits per heavy atom. The summed E-state index contributed by atoms with van der Waals surface area (Å²) in [5, 5.41) is 4.26. The number of rotatable bonds is 7. The molecule has 4 aromatic heterocycles. The lowest BCUT2D eigenvalue weighted by molar-refractivity contribution is 1.07. The summed E-state index contributed by atoms with van der Waals surface area (Å²) in [4.78, 5) is 19.4. The van der Waals surface area contributed by atoms with Crippen LogP contribution in [0.5, 0.6) is 0 Å². The fraction of sp³-hybridized carbons (Fsp3) is 0. The van der Waals surface area contributed by atoms with Gasteiger partial charge in [-0.1, -0.05) is 158 Å². The highest BCUT2D eigenvalue weighted by Gasteiger charge is 2.22. The molecule has 290 valence electrons. The zero-order chi connectivity index (χ0) is 45.3. The number of hydrogen-bond donors (Lipinski definition) is 0. The van der Waals surface area contributed by atoms with Crippen LogP contribution >= 0.6 is 11.3 Å². The lowest BCUT2D eigenvalue weighted by Crippen LogP contribution is -2.01. The van der Waals surface area contributed by atoms with Crippen molar-refractivity contribution in [3.05, 3.63) is 212 Å². The average Bonchev–Trinajstić information content (AvgIpc) is 3.93. The Morgan fingerprint density at radius 3 is 1.82 bits per heavy atom. The molecule has 0 aliphatic heterocycles. The van der Waals surface area contributed by atoms with Gasteiger partial charge >= 0.3 is 0 Å². The van der Waals surface area contributed by atoms with E-state index in [9.17, 15) is 0 Å². The van der Waals surface area contributed by atoms with Gasteiger partial charge in [-0.2, -0.15) is 0 Å². The van der Waals surface area contributed by atoms with Crippen LogP contribution in [-0.2, 0) is 0 Å². The molecule has 62 heavy (non-hydrogen) atoms. The van der Waals surface area contributed by atoms with E-state index in [1.165, 1.54) is 0 Å². The van der Waals surface area contributed by atoms with Crippen molar-refractivity contribution in [1.82, 2.24) is 24.5 Å². The van der Waals surface area contributed by atoms with Crippen LogP contribution in [0, 0.1) is 0 Å². The quantitative estimate of drug-likeness (QED) is 0.161. The molecule has 12 aromatic rings. The molecule has 4 heterocycles. The molecule has 8 aromatic carbocycles. The third kappa shape index (κ3) is 6.16. The number of nitrogens with zero attached hydrogens (tertiary/aromatic N) is 5. The highest BCUT2D eigenvalue weighted by atomic mass is 32.1. The number of fused-ring (bicyclic) bond motifs is 6. The topological polar surface area (TPSA) is 56.5 Å². The first-order chi connectivity index (χ1) is 32.8. The normalized spacial score (nSPS) is 12.7. The SMILES string of the molecule is [2H]c1c([2H])c([2H])c(-c2nc(-c3ccccc3)nc(-c3cc(-n4c5ccccc5c5ccc(-c6ccncc6)cc54)cc4c3sc3c(-c5cccc(-c6ccccc6)c5)cccc34)n2)c([2H])c1[2H]. The molecule has 0 spiro atoms. The molecule has 0 N–H and O–H groups in total. The molecule has 0 radical (unpaired) electrons. The van der Waals surface area contributed by atoms with Crippen LogP contribution in [0.2, 0.25) is 0 Å². The average molecular weight is 815 g/mol. The minimum absolute atomic E-state index is 0.0159. The van der Waals surface area contributed by atoms with Gasteiger partial charge in [-0.3, -0.25) is 4.98 Å². The fourth-order valence-corrected chi connectivity index (χ4v) is 9.89. The van der Waals surface area contributed by atoms with Crippen molar-refractivity contribution in [3.8, 4) is 73.2 Å². The Bertz CT molecular complexity index is 3900. The second-order valence-electron chi connectivity index (χ2n) is 15.1. The van der Waals surface area contributed by atoms with Crippen molar-refractivity contribution in [1.29, 1.82) is 0 Å². The summed E-state index contributed by atoms with van der Waals surface area (Å²) in [6.45, 7) is 0.